The first kappa shape index (κ1) is 26.7. The Labute approximate surface area is 214 Å². The minimum atomic E-state index is -0.302. The Morgan fingerprint density at radius 2 is 1.69 bits per heavy atom. The molecule has 0 fully saturated rings. The smallest absolute Gasteiger partial charge is 0.339 e. The molecule has 5 heteroatoms. The normalized spacial score (nSPS) is 11.7. The van der Waals surface area contributed by atoms with Gasteiger partial charge in [-0.25, -0.2) is 4.79 Å². The van der Waals surface area contributed by atoms with Crippen LogP contribution in [-0.2, 0) is 11.2 Å². The van der Waals surface area contributed by atoms with E-state index >= 15 is 0 Å². The molecule has 2 aromatic carbocycles. The molecule has 186 valence electrons. The minimum absolute atomic E-state index is 0.0388. The van der Waals surface area contributed by atoms with Crippen LogP contribution in [0.25, 0.3) is 0 Å². The maximum absolute atomic E-state index is 11.9. The summed E-state index contributed by atoms with van der Waals surface area (Å²) in [4.78, 5) is 15.8. The fraction of sp³-hybridized carbons (Fsp3) is 0.400. The van der Waals surface area contributed by atoms with E-state index in [2.05, 4.69) is 48.3 Å². The molecular weight excluding hydrogens is 458 g/mol. The van der Waals surface area contributed by atoms with Crippen molar-refractivity contribution in [1.82, 2.24) is 4.98 Å². The van der Waals surface area contributed by atoms with E-state index in [1.54, 1.807) is 18.3 Å². The molecule has 0 spiro atoms. The van der Waals surface area contributed by atoms with E-state index in [1.807, 2.05) is 12.1 Å². The Balaban J connectivity index is 1.37. The second kappa shape index (κ2) is 15.2. The summed E-state index contributed by atoms with van der Waals surface area (Å²) in [5.41, 5.74) is 2.98. The van der Waals surface area contributed by atoms with Crippen LogP contribution >= 0.6 is 11.6 Å². The van der Waals surface area contributed by atoms with Gasteiger partial charge in [-0.05, 0) is 79.6 Å². The van der Waals surface area contributed by atoms with Gasteiger partial charge < -0.3 is 9.47 Å². The van der Waals surface area contributed by atoms with Gasteiger partial charge in [-0.1, -0.05) is 68.5 Å². The first-order valence-corrected chi connectivity index (χ1v) is 13.1. The Kier molecular flexibility index (Phi) is 11.6. The summed E-state index contributed by atoms with van der Waals surface area (Å²) in [5, 5.41) is 0.746. The van der Waals surface area contributed by atoms with Crippen LogP contribution in [0.5, 0.6) is 5.75 Å². The number of hydrogen-bond acceptors (Lipinski definition) is 4. The summed E-state index contributed by atoms with van der Waals surface area (Å²) < 4.78 is 11.7. The van der Waals surface area contributed by atoms with Crippen LogP contribution in [0.3, 0.4) is 0 Å². The number of carbonyl (C=O) groups excluding carboxylic acids is 1. The van der Waals surface area contributed by atoms with Crippen LogP contribution in [0, 0.1) is 0 Å². The Bertz CT molecular complexity index is 990. The van der Waals surface area contributed by atoms with Crippen molar-refractivity contribution < 1.29 is 14.3 Å². The van der Waals surface area contributed by atoms with Gasteiger partial charge in [0.05, 0.1) is 12.2 Å². The van der Waals surface area contributed by atoms with E-state index in [0.717, 1.165) is 55.7 Å². The number of rotatable bonds is 15. The third-order valence-electron chi connectivity index (χ3n) is 6.00. The van der Waals surface area contributed by atoms with Gasteiger partial charge in [0, 0.05) is 17.4 Å². The highest BCUT2D eigenvalue weighted by atomic mass is 35.5. The predicted molar refractivity (Wildman–Crippen MR) is 142 cm³/mol. The zero-order valence-corrected chi connectivity index (χ0v) is 21.4. The largest absolute Gasteiger partial charge is 0.486 e. The van der Waals surface area contributed by atoms with Gasteiger partial charge in [0.1, 0.15) is 11.9 Å². The number of hydrogen-bond donors (Lipinski definition) is 0. The van der Waals surface area contributed by atoms with Gasteiger partial charge in [0.15, 0.2) is 0 Å². The number of halogens is 1. The summed E-state index contributed by atoms with van der Waals surface area (Å²) in [6.45, 7) is 2.67. The Morgan fingerprint density at radius 3 is 2.40 bits per heavy atom. The molecule has 0 saturated carbocycles. The molecule has 0 saturated heterocycles. The number of nitrogens with zero attached hydrogens (tertiary/aromatic N) is 1. The average Bonchev–Trinajstić information content (AvgIpc) is 2.89. The lowest BCUT2D eigenvalue weighted by Gasteiger charge is -2.20. The third kappa shape index (κ3) is 9.73. The summed E-state index contributed by atoms with van der Waals surface area (Å²) in [6, 6.07) is 19.9. The van der Waals surface area contributed by atoms with Crippen molar-refractivity contribution in [2.45, 2.75) is 70.8 Å². The SMILES string of the molecule is CCCCCC(Oc1ccc(CCCCCCOC(=O)c2cccnc2)cc1)c1ccc(Cl)cc1. The Hall–Kier alpha value is -2.85. The molecule has 35 heavy (non-hydrogen) atoms. The molecule has 1 atom stereocenters. The predicted octanol–water partition coefficient (Wildman–Crippen LogP) is 8.40. The summed E-state index contributed by atoms with van der Waals surface area (Å²) in [7, 11) is 0. The van der Waals surface area contributed by atoms with Crippen LogP contribution in [-0.4, -0.2) is 17.6 Å². The molecule has 4 nitrogen and oxygen atoms in total. The number of benzene rings is 2. The van der Waals surface area contributed by atoms with Gasteiger partial charge in [0.2, 0.25) is 0 Å². The van der Waals surface area contributed by atoms with Crippen molar-refractivity contribution in [3.8, 4) is 5.75 Å². The number of aryl methyl sites for hydroxylation is 1. The van der Waals surface area contributed by atoms with E-state index < -0.39 is 0 Å². The van der Waals surface area contributed by atoms with E-state index in [-0.39, 0.29) is 12.1 Å². The lowest BCUT2D eigenvalue weighted by molar-refractivity contribution is 0.0497. The maximum Gasteiger partial charge on any atom is 0.339 e. The van der Waals surface area contributed by atoms with Gasteiger partial charge in [-0.3, -0.25) is 4.98 Å². The van der Waals surface area contributed by atoms with Gasteiger partial charge in [0.25, 0.3) is 0 Å². The van der Waals surface area contributed by atoms with Crippen molar-refractivity contribution in [3.63, 3.8) is 0 Å². The standard InChI is InChI=1S/C30H36ClNO3/c1-2-3-6-12-29(25-15-17-27(31)18-16-25)35-28-19-13-24(14-20-28)10-7-4-5-8-22-34-30(33)26-11-9-21-32-23-26/h9,11,13-21,23,29H,2-8,10,12,22H2,1H3. The molecule has 0 aliphatic heterocycles. The Morgan fingerprint density at radius 1 is 0.914 bits per heavy atom. The first-order valence-electron chi connectivity index (χ1n) is 12.7. The van der Waals surface area contributed by atoms with E-state index in [4.69, 9.17) is 21.1 Å². The molecule has 3 aromatic rings. The first-order chi connectivity index (χ1) is 17.2. The fourth-order valence-electron chi connectivity index (χ4n) is 3.97. The molecule has 0 radical (unpaired) electrons. The minimum Gasteiger partial charge on any atom is -0.486 e. The van der Waals surface area contributed by atoms with Crippen LogP contribution in [0.15, 0.2) is 73.1 Å². The number of aromatic nitrogens is 1. The molecule has 1 aromatic heterocycles. The highest BCUT2D eigenvalue weighted by molar-refractivity contribution is 6.30. The van der Waals surface area contributed by atoms with E-state index in [1.165, 1.54) is 30.2 Å². The monoisotopic (exact) mass is 493 g/mol. The molecule has 0 N–H and O–H groups in total. The van der Waals surface area contributed by atoms with Crippen LogP contribution in [0.4, 0.5) is 0 Å². The average molecular weight is 494 g/mol. The number of pyridine rings is 1. The lowest BCUT2D eigenvalue weighted by Crippen LogP contribution is -2.08. The van der Waals surface area contributed by atoms with E-state index in [0.29, 0.717) is 12.2 Å². The van der Waals surface area contributed by atoms with Gasteiger partial charge in [-0.15, -0.1) is 0 Å². The zero-order chi connectivity index (χ0) is 24.7. The topological polar surface area (TPSA) is 48.4 Å². The molecule has 1 heterocycles. The van der Waals surface area contributed by atoms with Crippen molar-refractivity contribution in [1.29, 1.82) is 0 Å². The second-order valence-corrected chi connectivity index (χ2v) is 9.28. The van der Waals surface area contributed by atoms with Gasteiger partial charge in [-0.2, -0.15) is 0 Å². The molecule has 0 bridgehead atoms. The number of unbranched alkanes of at least 4 members (excludes halogenated alkanes) is 5. The molecular formula is C30H36ClNO3. The maximum atomic E-state index is 11.9. The van der Waals surface area contributed by atoms with Crippen LogP contribution in [0.2, 0.25) is 5.02 Å². The third-order valence-corrected chi connectivity index (χ3v) is 6.26. The van der Waals surface area contributed by atoms with Gasteiger partial charge >= 0.3 is 5.97 Å². The summed E-state index contributed by atoms with van der Waals surface area (Å²) in [6.07, 6.45) is 12.9. The van der Waals surface area contributed by atoms with Crippen molar-refractivity contribution in [2.24, 2.45) is 0 Å². The molecule has 0 amide bonds. The van der Waals surface area contributed by atoms with Crippen LogP contribution in [0.1, 0.15) is 85.9 Å². The van der Waals surface area contributed by atoms with Crippen LogP contribution < -0.4 is 4.74 Å². The number of ether oxygens (including phenoxy) is 2. The lowest BCUT2D eigenvalue weighted by atomic mass is 10.0. The number of esters is 1. The summed E-state index contributed by atoms with van der Waals surface area (Å²) in [5.74, 6) is 0.602. The summed E-state index contributed by atoms with van der Waals surface area (Å²) >= 11 is 6.07. The number of carbonyl (C=O) groups is 1. The fourth-order valence-corrected chi connectivity index (χ4v) is 4.09. The quantitative estimate of drug-likeness (QED) is 0.157. The van der Waals surface area contributed by atoms with Crippen molar-refractivity contribution in [3.05, 3.63) is 94.8 Å². The molecule has 0 aliphatic rings. The zero-order valence-electron chi connectivity index (χ0n) is 20.6. The second-order valence-electron chi connectivity index (χ2n) is 8.84. The van der Waals surface area contributed by atoms with E-state index in [9.17, 15) is 4.79 Å². The van der Waals surface area contributed by atoms with Crippen molar-refractivity contribution >= 4 is 17.6 Å². The highest BCUT2D eigenvalue weighted by Gasteiger charge is 2.13. The van der Waals surface area contributed by atoms with Crippen molar-refractivity contribution in [2.75, 3.05) is 6.61 Å². The molecule has 0 aliphatic carbocycles. The highest BCUT2D eigenvalue weighted by Crippen LogP contribution is 2.28. The molecule has 1 unspecified atom stereocenters. The molecule has 3 rings (SSSR count).